The monoisotopic (exact) mass is 354 g/mol. The number of para-hydroxylation sites is 1. The number of carbonyl (C=O) groups is 1. The summed E-state index contributed by atoms with van der Waals surface area (Å²) in [6.07, 6.45) is 0. The molecule has 2 aromatic carbocycles. The first kappa shape index (κ1) is 17.2. The Hall–Kier alpha value is -2.60. The average molecular weight is 354 g/mol. The first-order chi connectivity index (χ1) is 12.0. The van der Waals surface area contributed by atoms with Crippen molar-refractivity contribution >= 4 is 17.7 Å². The Morgan fingerprint density at radius 1 is 1.00 bits per heavy atom. The molecule has 1 aromatic heterocycles. The maximum Gasteiger partial charge on any atom is 0.321 e. The Labute approximate surface area is 150 Å². The lowest BCUT2D eigenvalue weighted by atomic mass is 10.1. The van der Waals surface area contributed by atoms with E-state index < -0.39 is 0 Å². The van der Waals surface area contributed by atoms with Crippen LogP contribution in [0, 0.1) is 20.8 Å². The number of esters is 1. The predicted octanol–water partition coefficient (Wildman–Crippen LogP) is 4.36. The zero-order chi connectivity index (χ0) is 17.8. The van der Waals surface area contributed by atoms with Crippen molar-refractivity contribution in [1.82, 2.24) is 10.2 Å². The van der Waals surface area contributed by atoms with Crippen LogP contribution in [-0.2, 0) is 4.79 Å². The van der Waals surface area contributed by atoms with Crippen LogP contribution >= 0.6 is 11.8 Å². The third-order valence-electron chi connectivity index (χ3n) is 3.72. The number of aryl methyl sites for hydroxylation is 3. The summed E-state index contributed by atoms with van der Waals surface area (Å²) < 4.78 is 11.1. The topological polar surface area (TPSA) is 65.2 Å². The Morgan fingerprint density at radius 3 is 2.40 bits per heavy atom. The minimum Gasteiger partial charge on any atom is -0.425 e. The van der Waals surface area contributed by atoms with Crippen molar-refractivity contribution in [3.8, 4) is 17.2 Å². The second kappa shape index (κ2) is 7.53. The highest BCUT2D eigenvalue weighted by Gasteiger charge is 2.14. The number of thioether (sulfide) groups is 1. The van der Waals surface area contributed by atoms with Gasteiger partial charge >= 0.3 is 5.97 Å². The molecule has 0 aliphatic rings. The minimum atomic E-state index is -0.349. The molecule has 0 radical (unpaired) electrons. The molecule has 3 aromatic rings. The van der Waals surface area contributed by atoms with Gasteiger partial charge in [-0.05, 0) is 43.5 Å². The number of rotatable bonds is 5. The van der Waals surface area contributed by atoms with Crippen LogP contribution in [0.3, 0.4) is 0 Å². The molecular formula is C19H18N2O3S. The fourth-order valence-electron chi connectivity index (χ4n) is 2.41. The number of aromatic nitrogens is 2. The van der Waals surface area contributed by atoms with Gasteiger partial charge in [-0.3, -0.25) is 4.79 Å². The van der Waals surface area contributed by atoms with E-state index in [4.69, 9.17) is 9.15 Å². The average Bonchev–Trinajstić information content (AvgIpc) is 3.06. The van der Waals surface area contributed by atoms with Crippen LogP contribution in [0.4, 0.5) is 0 Å². The third-order valence-corrected chi connectivity index (χ3v) is 4.51. The maximum atomic E-state index is 12.1. The van der Waals surface area contributed by atoms with Crippen LogP contribution in [0.25, 0.3) is 11.5 Å². The molecule has 0 aliphatic heterocycles. The van der Waals surface area contributed by atoms with Crippen LogP contribution in [0.1, 0.15) is 16.7 Å². The predicted molar refractivity (Wildman–Crippen MR) is 96.7 cm³/mol. The molecule has 3 rings (SSSR count). The van der Waals surface area contributed by atoms with Gasteiger partial charge in [0.05, 0.1) is 0 Å². The molecule has 6 heteroatoms. The van der Waals surface area contributed by atoms with Crippen LogP contribution in [-0.4, -0.2) is 21.9 Å². The molecule has 1 heterocycles. The van der Waals surface area contributed by atoms with E-state index in [0.717, 1.165) is 22.3 Å². The largest absolute Gasteiger partial charge is 0.425 e. The number of carbonyl (C=O) groups excluding carboxylic acids is 1. The smallest absolute Gasteiger partial charge is 0.321 e. The Morgan fingerprint density at radius 2 is 1.68 bits per heavy atom. The molecule has 25 heavy (non-hydrogen) atoms. The van der Waals surface area contributed by atoms with E-state index in [9.17, 15) is 4.79 Å². The highest BCUT2D eigenvalue weighted by molar-refractivity contribution is 7.99. The van der Waals surface area contributed by atoms with Crippen LogP contribution in [0.15, 0.2) is 52.1 Å². The van der Waals surface area contributed by atoms with Crippen molar-refractivity contribution in [2.24, 2.45) is 0 Å². The highest BCUT2D eigenvalue weighted by Crippen LogP contribution is 2.26. The van der Waals surface area contributed by atoms with E-state index in [-0.39, 0.29) is 11.7 Å². The SMILES string of the molecule is Cc1ccccc1-c1nnc(SCC(=O)Oc2c(C)cccc2C)o1. The van der Waals surface area contributed by atoms with Crippen molar-refractivity contribution in [1.29, 1.82) is 0 Å². The third kappa shape index (κ3) is 4.09. The van der Waals surface area contributed by atoms with E-state index in [1.54, 1.807) is 0 Å². The summed E-state index contributed by atoms with van der Waals surface area (Å²) in [6, 6.07) is 13.5. The molecule has 0 aliphatic carbocycles. The van der Waals surface area contributed by atoms with Crippen LogP contribution in [0.5, 0.6) is 5.75 Å². The number of hydrogen-bond donors (Lipinski definition) is 0. The Bertz CT molecular complexity index is 885. The molecule has 0 fully saturated rings. The van der Waals surface area contributed by atoms with E-state index in [0.29, 0.717) is 16.9 Å². The van der Waals surface area contributed by atoms with Gasteiger partial charge in [0.15, 0.2) is 0 Å². The normalized spacial score (nSPS) is 10.7. The fraction of sp³-hybridized carbons (Fsp3) is 0.211. The molecule has 0 saturated carbocycles. The molecule has 0 bridgehead atoms. The van der Waals surface area contributed by atoms with Gasteiger partial charge in [0.1, 0.15) is 11.5 Å². The molecule has 0 amide bonds. The quantitative estimate of drug-likeness (QED) is 0.385. The summed E-state index contributed by atoms with van der Waals surface area (Å²) in [5.74, 6) is 0.810. The van der Waals surface area contributed by atoms with Crippen molar-refractivity contribution in [2.75, 3.05) is 5.75 Å². The van der Waals surface area contributed by atoms with Crippen LogP contribution in [0.2, 0.25) is 0 Å². The van der Waals surface area contributed by atoms with E-state index in [2.05, 4.69) is 10.2 Å². The van der Waals surface area contributed by atoms with E-state index in [1.807, 2.05) is 63.2 Å². The summed E-state index contributed by atoms with van der Waals surface area (Å²) in [5.41, 5.74) is 3.80. The highest BCUT2D eigenvalue weighted by atomic mass is 32.2. The first-order valence-electron chi connectivity index (χ1n) is 7.84. The van der Waals surface area contributed by atoms with Gasteiger partial charge in [0.25, 0.3) is 5.22 Å². The molecule has 0 atom stereocenters. The number of benzene rings is 2. The van der Waals surface area contributed by atoms with Crippen molar-refractivity contribution in [2.45, 2.75) is 26.0 Å². The van der Waals surface area contributed by atoms with E-state index in [1.165, 1.54) is 11.8 Å². The molecule has 0 spiro atoms. The molecule has 0 unspecified atom stereocenters. The van der Waals surface area contributed by atoms with Crippen molar-refractivity contribution in [3.63, 3.8) is 0 Å². The van der Waals surface area contributed by atoms with Crippen molar-refractivity contribution < 1.29 is 13.9 Å². The number of hydrogen-bond acceptors (Lipinski definition) is 6. The fourth-order valence-corrected chi connectivity index (χ4v) is 2.95. The summed E-state index contributed by atoms with van der Waals surface area (Å²) in [7, 11) is 0. The van der Waals surface area contributed by atoms with Gasteiger partial charge in [0, 0.05) is 5.56 Å². The summed E-state index contributed by atoms with van der Waals surface area (Å²) in [6.45, 7) is 5.80. The zero-order valence-corrected chi connectivity index (χ0v) is 15.1. The lowest BCUT2D eigenvalue weighted by Gasteiger charge is -2.09. The summed E-state index contributed by atoms with van der Waals surface area (Å²) >= 11 is 1.17. The van der Waals surface area contributed by atoms with Gasteiger partial charge in [-0.25, -0.2) is 0 Å². The molecule has 5 nitrogen and oxygen atoms in total. The maximum absolute atomic E-state index is 12.1. The zero-order valence-electron chi connectivity index (χ0n) is 14.3. The Kier molecular flexibility index (Phi) is 5.19. The van der Waals surface area contributed by atoms with Gasteiger partial charge in [0.2, 0.25) is 5.89 Å². The van der Waals surface area contributed by atoms with Crippen LogP contribution < -0.4 is 4.74 Å². The molecule has 0 saturated heterocycles. The molecule has 128 valence electrons. The second-order valence-corrected chi connectivity index (χ2v) is 6.60. The number of nitrogens with zero attached hydrogens (tertiary/aromatic N) is 2. The first-order valence-corrected chi connectivity index (χ1v) is 8.82. The van der Waals surface area contributed by atoms with Gasteiger partial charge in [-0.1, -0.05) is 48.2 Å². The standard InChI is InChI=1S/C19H18N2O3S/c1-12-7-4-5-10-15(12)18-20-21-19(24-18)25-11-16(22)23-17-13(2)8-6-9-14(17)3/h4-10H,11H2,1-3H3. The minimum absolute atomic E-state index is 0.100. The van der Waals surface area contributed by atoms with Gasteiger partial charge in [-0.2, -0.15) is 0 Å². The molecular weight excluding hydrogens is 336 g/mol. The second-order valence-electron chi connectivity index (χ2n) is 5.67. The Balaban J connectivity index is 1.63. The molecule has 0 N–H and O–H groups in total. The van der Waals surface area contributed by atoms with Gasteiger partial charge in [-0.15, -0.1) is 10.2 Å². The van der Waals surface area contributed by atoms with Crippen molar-refractivity contribution in [3.05, 3.63) is 59.2 Å². The lowest BCUT2D eigenvalue weighted by Crippen LogP contribution is -2.12. The number of ether oxygens (including phenoxy) is 1. The summed E-state index contributed by atoms with van der Waals surface area (Å²) in [4.78, 5) is 12.1. The van der Waals surface area contributed by atoms with E-state index >= 15 is 0 Å². The summed E-state index contributed by atoms with van der Waals surface area (Å²) in [5, 5.41) is 8.38. The lowest BCUT2D eigenvalue weighted by molar-refractivity contribution is -0.131. The van der Waals surface area contributed by atoms with Gasteiger partial charge < -0.3 is 9.15 Å².